The van der Waals surface area contributed by atoms with Gasteiger partial charge in [0.1, 0.15) is 16.9 Å². The van der Waals surface area contributed by atoms with Crippen LogP contribution in [0, 0.1) is 12.7 Å². The van der Waals surface area contributed by atoms with Gasteiger partial charge in [-0.05, 0) is 12.8 Å². The number of nitrogens with one attached hydrogen (secondary N) is 1. The maximum atomic E-state index is 14.5. The number of ether oxygens (including phenoxy) is 2. The van der Waals surface area contributed by atoms with Crippen LogP contribution in [0.2, 0.25) is 0 Å². The molecule has 43 heavy (non-hydrogen) atoms. The van der Waals surface area contributed by atoms with Gasteiger partial charge in [-0.15, -0.1) is 0 Å². The number of aryl methyl sites for hydroxylation is 1. The molecule has 0 unspecified atom stereocenters. The Bertz CT molecular complexity index is 1570. The zero-order chi connectivity index (χ0) is 30.0. The molecule has 10 nitrogen and oxygen atoms in total. The van der Waals surface area contributed by atoms with E-state index in [1.54, 1.807) is 26.4 Å². The summed E-state index contributed by atoms with van der Waals surface area (Å²) in [6.07, 6.45) is 5.50. The molecule has 0 bridgehead atoms. The summed E-state index contributed by atoms with van der Waals surface area (Å²) in [6, 6.07) is 12.3. The third kappa shape index (κ3) is 5.89. The molecule has 2 aromatic heterocycles. The first-order chi connectivity index (χ1) is 20.9. The molecule has 1 saturated heterocycles. The lowest BCUT2D eigenvalue weighted by atomic mass is 9.80. The highest BCUT2D eigenvalue weighted by Crippen LogP contribution is 2.41. The molecular formula is C32H38FN5O5. The van der Waals surface area contributed by atoms with Gasteiger partial charge in [-0.2, -0.15) is 0 Å². The van der Waals surface area contributed by atoms with E-state index in [0.29, 0.717) is 61.0 Å². The van der Waals surface area contributed by atoms with E-state index in [4.69, 9.17) is 13.9 Å². The Kier molecular flexibility index (Phi) is 8.47. The maximum absolute atomic E-state index is 14.5. The molecule has 11 heteroatoms. The Morgan fingerprint density at radius 2 is 2.09 bits per heavy atom. The predicted octanol–water partition coefficient (Wildman–Crippen LogP) is 4.51. The van der Waals surface area contributed by atoms with Gasteiger partial charge in [0.25, 0.3) is 5.91 Å². The van der Waals surface area contributed by atoms with Gasteiger partial charge in [0.15, 0.2) is 23.0 Å². The van der Waals surface area contributed by atoms with Crippen molar-refractivity contribution < 1.29 is 28.2 Å². The number of oxazole rings is 1. The van der Waals surface area contributed by atoms with Gasteiger partial charge in [-0.3, -0.25) is 4.79 Å². The summed E-state index contributed by atoms with van der Waals surface area (Å²) < 4.78 is 33.2. The summed E-state index contributed by atoms with van der Waals surface area (Å²) >= 11 is 0. The normalized spacial score (nSPS) is 22.7. The molecule has 2 aliphatic rings. The van der Waals surface area contributed by atoms with Crippen molar-refractivity contribution in [3.8, 4) is 17.0 Å². The fourth-order valence-electron chi connectivity index (χ4n) is 6.55. The lowest BCUT2D eigenvalue weighted by molar-refractivity contribution is -0.0893. The SMILES string of the molecule is COC[C@]1(O)CCCC[C@H]1n1cnc(C(=O)N2CCNC[C@H]2CCOc2cc(F)c3oc(C)nc3c2)c1-c1ccccc1. The second-order valence-corrected chi connectivity index (χ2v) is 11.5. The molecule has 1 amide bonds. The van der Waals surface area contributed by atoms with Crippen molar-refractivity contribution in [1.82, 2.24) is 24.8 Å². The molecule has 1 aliphatic carbocycles. The third-order valence-corrected chi connectivity index (χ3v) is 8.59. The minimum Gasteiger partial charge on any atom is -0.493 e. The molecule has 2 aromatic carbocycles. The largest absolute Gasteiger partial charge is 0.493 e. The second kappa shape index (κ2) is 12.4. The number of halogens is 1. The van der Waals surface area contributed by atoms with Gasteiger partial charge in [0, 0.05) is 63.8 Å². The Labute approximate surface area is 249 Å². The molecule has 1 saturated carbocycles. The lowest BCUT2D eigenvalue weighted by Crippen LogP contribution is -2.54. The zero-order valence-electron chi connectivity index (χ0n) is 24.6. The van der Waals surface area contributed by atoms with E-state index in [9.17, 15) is 14.3 Å². The number of amides is 1. The van der Waals surface area contributed by atoms with Crippen molar-refractivity contribution in [2.24, 2.45) is 0 Å². The van der Waals surface area contributed by atoms with Crippen molar-refractivity contribution in [3.63, 3.8) is 0 Å². The van der Waals surface area contributed by atoms with Crippen molar-refractivity contribution in [1.29, 1.82) is 0 Å². The quantitative estimate of drug-likeness (QED) is 0.292. The predicted molar refractivity (Wildman–Crippen MR) is 159 cm³/mol. The van der Waals surface area contributed by atoms with Crippen LogP contribution < -0.4 is 10.1 Å². The molecule has 228 valence electrons. The van der Waals surface area contributed by atoms with E-state index >= 15 is 0 Å². The summed E-state index contributed by atoms with van der Waals surface area (Å²) in [6.45, 7) is 3.93. The first-order valence-electron chi connectivity index (χ1n) is 14.9. The van der Waals surface area contributed by atoms with Crippen LogP contribution in [-0.2, 0) is 4.74 Å². The highest BCUT2D eigenvalue weighted by Gasteiger charge is 2.42. The van der Waals surface area contributed by atoms with Crippen LogP contribution >= 0.6 is 0 Å². The Morgan fingerprint density at radius 1 is 1.26 bits per heavy atom. The highest BCUT2D eigenvalue weighted by molar-refractivity contribution is 5.98. The number of carbonyl (C=O) groups excluding carboxylic acids is 1. The first-order valence-corrected chi connectivity index (χ1v) is 14.9. The monoisotopic (exact) mass is 591 g/mol. The number of benzene rings is 2. The van der Waals surface area contributed by atoms with Gasteiger partial charge in [0.2, 0.25) is 0 Å². The lowest BCUT2D eigenvalue weighted by Gasteiger charge is -2.41. The molecule has 0 radical (unpaired) electrons. The van der Waals surface area contributed by atoms with E-state index < -0.39 is 11.4 Å². The number of imidazole rings is 1. The number of piperazine rings is 1. The fourth-order valence-corrected chi connectivity index (χ4v) is 6.55. The van der Waals surface area contributed by atoms with E-state index in [2.05, 4.69) is 15.3 Å². The van der Waals surface area contributed by atoms with Crippen molar-refractivity contribution >= 4 is 17.0 Å². The summed E-state index contributed by atoms with van der Waals surface area (Å²) in [5.74, 6) is 0.0584. The van der Waals surface area contributed by atoms with Crippen LogP contribution in [0.5, 0.6) is 5.75 Å². The number of fused-ring (bicyclic) bond motifs is 1. The number of hydrogen-bond donors (Lipinski definition) is 2. The van der Waals surface area contributed by atoms with E-state index in [-0.39, 0.29) is 36.8 Å². The maximum Gasteiger partial charge on any atom is 0.275 e. The summed E-state index contributed by atoms with van der Waals surface area (Å²) in [7, 11) is 1.60. The smallest absolute Gasteiger partial charge is 0.275 e. The number of carbonyl (C=O) groups is 1. The molecule has 3 heterocycles. The molecule has 6 rings (SSSR count). The Balaban J connectivity index is 1.25. The standard InChI is InChI=1S/C32H38FN5O5/c1-21-36-26-17-24(16-25(33)30(26)43-21)42-15-11-23-18-34-13-14-37(23)31(39)28-29(22-8-4-3-5-9-22)38(20-35-28)27-10-6-7-12-32(27,40)19-41-2/h3-5,8-9,16-17,20,23,27,34,40H,6-7,10-15,18-19H2,1-2H3/t23-,27-,32-/m1/s1. The van der Waals surface area contributed by atoms with Crippen LogP contribution in [0.25, 0.3) is 22.4 Å². The number of nitrogens with zero attached hydrogens (tertiary/aromatic N) is 4. The molecule has 2 fully saturated rings. The third-order valence-electron chi connectivity index (χ3n) is 8.59. The Morgan fingerprint density at radius 3 is 2.91 bits per heavy atom. The number of rotatable bonds is 9. The number of hydrogen-bond acceptors (Lipinski definition) is 8. The minimum atomic E-state index is -1.06. The first kappa shape index (κ1) is 29.3. The van der Waals surface area contributed by atoms with E-state index in [0.717, 1.165) is 24.8 Å². The van der Waals surface area contributed by atoms with Crippen LogP contribution in [0.15, 0.2) is 53.2 Å². The van der Waals surface area contributed by atoms with Crippen molar-refractivity contribution in [2.45, 2.75) is 56.7 Å². The van der Waals surface area contributed by atoms with Gasteiger partial charge in [0.05, 0.1) is 31.3 Å². The fraction of sp³-hybridized carbons (Fsp3) is 0.469. The van der Waals surface area contributed by atoms with E-state index in [1.165, 1.54) is 6.07 Å². The number of aliphatic hydroxyl groups is 1. The van der Waals surface area contributed by atoms with Crippen LogP contribution in [-0.4, -0.2) is 82.0 Å². The molecule has 2 N–H and O–H groups in total. The van der Waals surface area contributed by atoms with E-state index in [1.807, 2.05) is 39.8 Å². The Hall–Kier alpha value is -3.80. The molecule has 4 aromatic rings. The molecule has 3 atom stereocenters. The summed E-state index contributed by atoms with van der Waals surface area (Å²) in [4.78, 5) is 25.0. The molecule has 0 spiro atoms. The number of methoxy groups -OCH3 is 1. The highest BCUT2D eigenvalue weighted by atomic mass is 19.1. The van der Waals surface area contributed by atoms with Crippen molar-refractivity contribution in [2.75, 3.05) is 40.0 Å². The average Bonchev–Trinajstić information content (AvgIpc) is 3.61. The molecule has 1 aliphatic heterocycles. The second-order valence-electron chi connectivity index (χ2n) is 11.5. The van der Waals surface area contributed by atoms with Crippen LogP contribution in [0.3, 0.4) is 0 Å². The average molecular weight is 592 g/mol. The van der Waals surface area contributed by atoms with Gasteiger partial charge in [-0.1, -0.05) is 43.2 Å². The van der Waals surface area contributed by atoms with Gasteiger partial charge >= 0.3 is 0 Å². The minimum absolute atomic E-state index is 0.112. The van der Waals surface area contributed by atoms with Crippen molar-refractivity contribution in [3.05, 3.63) is 66.2 Å². The van der Waals surface area contributed by atoms with Crippen LogP contribution in [0.4, 0.5) is 4.39 Å². The molecular weight excluding hydrogens is 553 g/mol. The van der Waals surface area contributed by atoms with Gasteiger partial charge < -0.3 is 33.8 Å². The van der Waals surface area contributed by atoms with Gasteiger partial charge in [-0.25, -0.2) is 14.4 Å². The zero-order valence-corrected chi connectivity index (χ0v) is 24.6. The summed E-state index contributed by atoms with van der Waals surface area (Å²) in [5, 5.41) is 15.0. The van der Waals surface area contributed by atoms with Crippen LogP contribution in [0.1, 0.15) is 54.5 Å². The summed E-state index contributed by atoms with van der Waals surface area (Å²) in [5.41, 5.74) is 1.39. The topological polar surface area (TPSA) is 115 Å². The number of aromatic nitrogens is 3.